The molecule has 1 atom stereocenters. The lowest BCUT2D eigenvalue weighted by Gasteiger charge is -2.29. The first-order valence-corrected chi connectivity index (χ1v) is 8.29. The normalized spacial score (nSPS) is 14.4. The Morgan fingerprint density at radius 1 is 1.14 bits per heavy atom. The van der Waals surface area contributed by atoms with E-state index >= 15 is 0 Å². The standard InChI is InChI=1S/C12H25N3O5S/c1-11(2,3)8(9(16)17)14-10(18)13-7-12(4,5)15-21(6,19)20/h8,15H,7H2,1-6H3,(H,16,17)(H2,13,14,18)/t8-/m0/s1. The van der Waals surface area contributed by atoms with Crippen LogP contribution in [0.15, 0.2) is 0 Å². The van der Waals surface area contributed by atoms with Crippen molar-refractivity contribution < 1.29 is 23.1 Å². The maximum absolute atomic E-state index is 11.8. The summed E-state index contributed by atoms with van der Waals surface area (Å²) in [5, 5.41) is 13.9. The zero-order valence-corrected chi connectivity index (χ0v) is 14.1. The molecular weight excluding hydrogens is 298 g/mol. The maximum atomic E-state index is 11.8. The number of hydrogen-bond donors (Lipinski definition) is 4. The topological polar surface area (TPSA) is 125 Å². The van der Waals surface area contributed by atoms with Crippen molar-refractivity contribution in [2.45, 2.75) is 46.2 Å². The van der Waals surface area contributed by atoms with E-state index in [9.17, 15) is 18.0 Å². The fourth-order valence-electron chi connectivity index (χ4n) is 1.67. The number of aliphatic carboxylic acids is 1. The van der Waals surface area contributed by atoms with Crippen LogP contribution in [-0.2, 0) is 14.8 Å². The predicted octanol–water partition coefficient (Wildman–Crippen LogP) is 0.113. The molecule has 0 unspecified atom stereocenters. The van der Waals surface area contributed by atoms with E-state index < -0.39 is 39.0 Å². The maximum Gasteiger partial charge on any atom is 0.326 e. The molecule has 0 aromatic rings. The first-order valence-electron chi connectivity index (χ1n) is 6.40. The number of carbonyl (C=O) groups excluding carboxylic acids is 1. The number of nitrogens with one attached hydrogen (secondary N) is 3. The van der Waals surface area contributed by atoms with Gasteiger partial charge < -0.3 is 15.7 Å². The van der Waals surface area contributed by atoms with Gasteiger partial charge in [-0.2, -0.15) is 0 Å². The molecule has 0 radical (unpaired) electrons. The van der Waals surface area contributed by atoms with Gasteiger partial charge in [0.25, 0.3) is 0 Å². The molecule has 4 N–H and O–H groups in total. The van der Waals surface area contributed by atoms with Gasteiger partial charge in [-0.05, 0) is 19.3 Å². The molecule has 0 aliphatic carbocycles. The molecule has 0 aliphatic heterocycles. The van der Waals surface area contributed by atoms with Gasteiger partial charge in [-0.15, -0.1) is 0 Å². The van der Waals surface area contributed by atoms with Crippen molar-refractivity contribution >= 4 is 22.0 Å². The lowest BCUT2D eigenvalue weighted by molar-refractivity contribution is -0.141. The van der Waals surface area contributed by atoms with Crippen LogP contribution >= 0.6 is 0 Å². The molecule has 0 fully saturated rings. The summed E-state index contributed by atoms with van der Waals surface area (Å²) in [5.41, 5.74) is -1.53. The van der Waals surface area contributed by atoms with Gasteiger partial charge in [0.15, 0.2) is 0 Å². The fraction of sp³-hybridized carbons (Fsp3) is 0.833. The summed E-state index contributed by atoms with van der Waals surface area (Å²) in [6, 6.07) is -1.72. The van der Waals surface area contributed by atoms with Crippen LogP contribution in [0.2, 0.25) is 0 Å². The van der Waals surface area contributed by atoms with Gasteiger partial charge in [0.1, 0.15) is 6.04 Å². The van der Waals surface area contributed by atoms with Gasteiger partial charge in [-0.3, -0.25) is 0 Å². The van der Waals surface area contributed by atoms with Crippen molar-refractivity contribution in [3.05, 3.63) is 0 Å². The van der Waals surface area contributed by atoms with Crippen molar-refractivity contribution in [2.75, 3.05) is 12.8 Å². The van der Waals surface area contributed by atoms with E-state index in [1.54, 1.807) is 34.6 Å². The largest absolute Gasteiger partial charge is 0.480 e. The highest BCUT2D eigenvalue weighted by Crippen LogP contribution is 2.19. The van der Waals surface area contributed by atoms with E-state index in [-0.39, 0.29) is 6.54 Å². The molecule has 0 rings (SSSR count). The molecule has 2 amide bonds. The number of carboxylic acids is 1. The third-order valence-electron chi connectivity index (χ3n) is 2.54. The molecule has 124 valence electrons. The minimum absolute atomic E-state index is 0.0163. The Morgan fingerprint density at radius 3 is 1.95 bits per heavy atom. The van der Waals surface area contributed by atoms with E-state index in [1.807, 2.05) is 0 Å². The number of hydrogen-bond acceptors (Lipinski definition) is 4. The number of carboxylic acid groups (broad SMARTS) is 1. The summed E-state index contributed by atoms with van der Waals surface area (Å²) >= 11 is 0. The van der Waals surface area contributed by atoms with E-state index in [0.717, 1.165) is 6.26 Å². The summed E-state index contributed by atoms with van der Waals surface area (Å²) < 4.78 is 24.7. The van der Waals surface area contributed by atoms with Gasteiger partial charge in [-0.1, -0.05) is 20.8 Å². The molecule has 0 saturated carbocycles. The third-order valence-corrected chi connectivity index (χ3v) is 3.46. The minimum Gasteiger partial charge on any atom is -0.480 e. The average molecular weight is 323 g/mol. The zero-order valence-electron chi connectivity index (χ0n) is 13.3. The Morgan fingerprint density at radius 2 is 1.62 bits per heavy atom. The van der Waals surface area contributed by atoms with Gasteiger partial charge in [0.05, 0.1) is 6.26 Å². The number of sulfonamides is 1. The van der Waals surface area contributed by atoms with Gasteiger partial charge in [0, 0.05) is 12.1 Å². The Balaban J connectivity index is 4.61. The van der Waals surface area contributed by atoms with Crippen molar-refractivity contribution in [3.8, 4) is 0 Å². The van der Waals surface area contributed by atoms with Crippen molar-refractivity contribution in [2.24, 2.45) is 5.41 Å². The Labute approximate surface area is 125 Å². The highest BCUT2D eigenvalue weighted by Gasteiger charge is 2.33. The van der Waals surface area contributed by atoms with E-state index in [0.29, 0.717) is 0 Å². The van der Waals surface area contributed by atoms with Gasteiger partial charge in [0.2, 0.25) is 10.0 Å². The number of urea groups is 1. The molecule has 0 bridgehead atoms. The van der Waals surface area contributed by atoms with Crippen LogP contribution in [0, 0.1) is 5.41 Å². The second-order valence-corrected chi connectivity index (χ2v) is 8.47. The summed E-state index contributed by atoms with van der Waals surface area (Å²) in [6.07, 6.45) is 1.02. The Bertz CT molecular complexity index is 494. The molecule has 0 aliphatic rings. The first kappa shape index (κ1) is 19.7. The van der Waals surface area contributed by atoms with Crippen LogP contribution in [0.4, 0.5) is 4.79 Å². The molecule has 0 spiro atoms. The summed E-state index contributed by atoms with van der Waals surface area (Å²) in [7, 11) is -3.41. The van der Waals surface area contributed by atoms with Crippen LogP contribution in [0.5, 0.6) is 0 Å². The second-order valence-electron chi connectivity index (χ2n) is 6.72. The third kappa shape index (κ3) is 8.51. The first-order chi connectivity index (χ1) is 9.14. The quantitative estimate of drug-likeness (QED) is 0.552. The summed E-state index contributed by atoms with van der Waals surface area (Å²) in [6.45, 7) is 8.31. The minimum atomic E-state index is -3.41. The number of rotatable bonds is 6. The van der Waals surface area contributed by atoms with Crippen molar-refractivity contribution in [1.29, 1.82) is 0 Å². The van der Waals surface area contributed by atoms with Gasteiger partial charge in [-0.25, -0.2) is 22.7 Å². The monoisotopic (exact) mass is 323 g/mol. The molecule has 0 aromatic heterocycles. The Hall–Kier alpha value is -1.35. The smallest absolute Gasteiger partial charge is 0.326 e. The molecule has 21 heavy (non-hydrogen) atoms. The SMILES string of the molecule is CC(C)(CNC(=O)N[C@@H](C(=O)O)C(C)(C)C)NS(C)(=O)=O. The van der Waals surface area contributed by atoms with E-state index in [4.69, 9.17) is 5.11 Å². The lowest BCUT2D eigenvalue weighted by Crippen LogP contribution is -2.56. The lowest BCUT2D eigenvalue weighted by atomic mass is 9.87. The summed E-state index contributed by atoms with van der Waals surface area (Å²) in [4.78, 5) is 22.9. The van der Waals surface area contributed by atoms with Crippen LogP contribution in [-0.4, -0.2) is 49.9 Å². The predicted molar refractivity (Wildman–Crippen MR) is 79.5 cm³/mol. The molecule has 0 saturated heterocycles. The van der Waals surface area contributed by atoms with E-state index in [1.165, 1.54) is 0 Å². The fourth-order valence-corrected chi connectivity index (χ4v) is 2.75. The van der Waals surface area contributed by atoms with Crippen LogP contribution in [0.1, 0.15) is 34.6 Å². The van der Waals surface area contributed by atoms with Crippen LogP contribution in [0.25, 0.3) is 0 Å². The Kier molecular flexibility index (Phi) is 6.18. The molecule has 0 heterocycles. The second kappa shape index (κ2) is 6.61. The van der Waals surface area contributed by atoms with E-state index in [2.05, 4.69) is 15.4 Å². The van der Waals surface area contributed by atoms with Crippen molar-refractivity contribution in [3.63, 3.8) is 0 Å². The zero-order chi connectivity index (χ0) is 17.1. The summed E-state index contributed by atoms with van der Waals surface area (Å²) in [5.74, 6) is -1.13. The molecular formula is C12H25N3O5S. The molecule has 0 aromatic carbocycles. The highest BCUT2D eigenvalue weighted by atomic mass is 32.2. The average Bonchev–Trinajstić information content (AvgIpc) is 2.17. The van der Waals surface area contributed by atoms with Crippen LogP contribution in [0.3, 0.4) is 0 Å². The van der Waals surface area contributed by atoms with Gasteiger partial charge >= 0.3 is 12.0 Å². The number of carbonyl (C=O) groups is 2. The number of amides is 2. The van der Waals surface area contributed by atoms with Crippen LogP contribution < -0.4 is 15.4 Å². The molecule has 9 heteroatoms. The molecule has 8 nitrogen and oxygen atoms in total. The van der Waals surface area contributed by atoms with Crippen molar-refractivity contribution in [1.82, 2.24) is 15.4 Å². The highest BCUT2D eigenvalue weighted by molar-refractivity contribution is 7.88.